The van der Waals surface area contributed by atoms with Crippen LogP contribution in [0.5, 0.6) is 0 Å². The van der Waals surface area contributed by atoms with Crippen LogP contribution in [0.25, 0.3) is 0 Å². The Morgan fingerprint density at radius 1 is 0.659 bits per heavy atom. The molecule has 0 N–H and O–H groups in total. The summed E-state index contributed by atoms with van der Waals surface area (Å²) in [6.07, 6.45) is 25.3. The van der Waals surface area contributed by atoms with Gasteiger partial charge < -0.3 is 28.6 Å². The smallest absolute Gasteiger partial charge is 0.306 e. The lowest BCUT2D eigenvalue weighted by atomic mass is 10.1. The fourth-order valence-electron chi connectivity index (χ4n) is 5.06. The van der Waals surface area contributed by atoms with Crippen LogP contribution in [0.2, 0.25) is 0 Å². The number of ether oxygens (including phenoxy) is 3. The van der Waals surface area contributed by atoms with E-state index in [2.05, 4.69) is 26.0 Å². The van der Waals surface area contributed by atoms with Gasteiger partial charge in [0.05, 0.1) is 40.3 Å². The highest BCUT2D eigenvalue weighted by molar-refractivity contribution is 5.70. The van der Waals surface area contributed by atoms with Crippen molar-refractivity contribution in [1.82, 2.24) is 0 Å². The molecule has 0 aliphatic carbocycles. The van der Waals surface area contributed by atoms with Crippen LogP contribution in [0.1, 0.15) is 149 Å². The molecule has 0 bridgehead atoms. The fraction of sp³-hybridized carbons (Fsp3) is 0.861. The second-order valence-electron chi connectivity index (χ2n) is 13.1. The number of hydrogen-bond donors (Lipinski definition) is 0. The summed E-state index contributed by atoms with van der Waals surface area (Å²) in [5, 5.41) is 11.5. The van der Waals surface area contributed by atoms with Crippen molar-refractivity contribution in [2.45, 2.75) is 161 Å². The maximum Gasteiger partial charge on any atom is 0.306 e. The molecule has 44 heavy (non-hydrogen) atoms. The first-order valence-electron chi connectivity index (χ1n) is 17.7. The molecular formula is C36H67NO7. The highest BCUT2D eigenvalue weighted by Crippen LogP contribution is 2.12. The lowest BCUT2D eigenvalue weighted by Gasteiger charge is -2.34. The van der Waals surface area contributed by atoms with E-state index in [1.54, 1.807) is 21.1 Å². The Morgan fingerprint density at radius 3 is 1.66 bits per heavy atom. The van der Waals surface area contributed by atoms with Gasteiger partial charge in [0.2, 0.25) is 0 Å². The average molecular weight is 626 g/mol. The molecule has 0 heterocycles. The minimum atomic E-state index is -1.13. The SMILES string of the molecule is CCCCCCCC/C=C/CCCCCC(=O)OCC(COCCC(C(=O)[O-])[N+](C)(C)C)OC(=O)CCCCCCCCC. The van der Waals surface area contributed by atoms with E-state index in [0.29, 0.717) is 12.8 Å². The topological polar surface area (TPSA) is 102 Å². The Kier molecular flexibility index (Phi) is 27.3. The van der Waals surface area contributed by atoms with Crippen molar-refractivity contribution in [3.05, 3.63) is 12.2 Å². The molecule has 0 amide bonds. The molecule has 0 radical (unpaired) electrons. The first-order valence-corrected chi connectivity index (χ1v) is 17.7. The summed E-state index contributed by atoms with van der Waals surface area (Å²) < 4.78 is 17.0. The zero-order valence-corrected chi connectivity index (χ0v) is 29.1. The largest absolute Gasteiger partial charge is 0.544 e. The second kappa shape index (κ2) is 28.5. The van der Waals surface area contributed by atoms with Gasteiger partial charge in [-0.2, -0.15) is 0 Å². The van der Waals surface area contributed by atoms with Crippen LogP contribution in [0.15, 0.2) is 12.2 Å². The van der Waals surface area contributed by atoms with Crippen LogP contribution in [-0.4, -0.2) is 75.5 Å². The second-order valence-corrected chi connectivity index (χ2v) is 13.1. The fourth-order valence-corrected chi connectivity index (χ4v) is 5.06. The highest BCUT2D eigenvalue weighted by atomic mass is 16.6. The van der Waals surface area contributed by atoms with Gasteiger partial charge in [-0.1, -0.05) is 103 Å². The number of carbonyl (C=O) groups excluding carboxylic acids is 3. The van der Waals surface area contributed by atoms with Gasteiger partial charge in [-0.15, -0.1) is 0 Å². The Hall–Kier alpha value is -1.93. The summed E-state index contributed by atoms with van der Waals surface area (Å²) >= 11 is 0. The summed E-state index contributed by atoms with van der Waals surface area (Å²) in [6.45, 7) is 4.57. The summed E-state index contributed by atoms with van der Waals surface area (Å²) in [5.74, 6) is -1.76. The molecule has 0 saturated carbocycles. The lowest BCUT2D eigenvalue weighted by molar-refractivity contribution is -0.889. The van der Waals surface area contributed by atoms with E-state index in [1.807, 2.05) is 0 Å². The van der Waals surface area contributed by atoms with Crippen LogP contribution in [0.4, 0.5) is 0 Å². The molecule has 0 rings (SSSR count). The van der Waals surface area contributed by atoms with Crippen molar-refractivity contribution in [3.63, 3.8) is 0 Å². The van der Waals surface area contributed by atoms with Gasteiger partial charge in [0.1, 0.15) is 12.6 Å². The number of carbonyl (C=O) groups is 3. The Bertz CT molecular complexity index is 747. The van der Waals surface area contributed by atoms with Crippen LogP contribution < -0.4 is 5.11 Å². The third-order valence-corrected chi connectivity index (χ3v) is 7.90. The van der Waals surface area contributed by atoms with Crippen molar-refractivity contribution in [3.8, 4) is 0 Å². The highest BCUT2D eigenvalue weighted by Gasteiger charge is 2.25. The Labute approximate surface area is 269 Å². The third kappa shape index (κ3) is 26.5. The zero-order valence-electron chi connectivity index (χ0n) is 29.1. The molecule has 0 aliphatic heterocycles. The van der Waals surface area contributed by atoms with Gasteiger partial charge in [-0.05, 0) is 38.5 Å². The number of rotatable bonds is 31. The number of unbranched alkanes of at least 4 members (excludes halogenated alkanes) is 15. The van der Waals surface area contributed by atoms with E-state index in [0.717, 1.165) is 51.4 Å². The van der Waals surface area contributed by atoms with Crippen LogP contribution in [-0.2, 0) is 28.6 Å². The van der Waals surface area contributed by atoms with Gasteiger partial charge in [-0.3, -0.25) is 9.59 Å². The van der Waals surface area contributed by atoms with Crippen molar-refractivity contribution in [2.24, 2.45) is 0 Å². The number of carboxylic acids is 1. The number of hydrogen-bond acceptors (Lipinski definition) is 7. The van der Waals surface area contributed by atoms with Gasteiger partial charge >= 0.3 is 11.9 Å². The van der Waals surface area contributed by atoms with Crippen LogP contribution >= 0.6 is 0 Å². The first kappa shape index (κ1) is 42.1. The number of quaternary nitrogens is 1. The molecule has 2 atom stereocenters. The molecule has 0 aromatic heterocycles. The van der Waals surface area contributed by atoms with E-state index in [4.69, 9.17) is 14.2 Å². The molecule has 0 saturated heterocycles. The van der Waals surface area contributed by atoms with E-state index in [-0.39, 0.29) is 42.7 Å². The van der Waals surface area contributed by atoms with E-state index in [9.17, 15) is 19.5 Å². The van der Waals surface area contributed by atoms with Gasteiger partial charge in [0, 0.05) is 19.3 Å². The standard InChI is InChI=1S/C36H67NO7/c1-6-8-10-12-14-15-16-17-18-19-21-22-24-26-34(38)43-31-32(30-42-29-28-33(36(40)41)37(3,4)5)44-35(39)27-25-23-20-13-11-9-7-2/h17-18,32-33H,6-16,19-31H2,1-5H3/b18-17+. The molecule has 0 fully saturated rings. The summed E-state index contributed by atoms with van der Waals surface area (Å²) in [4.78, 5) is 36.4. The molecule has 258 valence electrons. The van der Waals surface area contributed by atoms with E-state index >= 15 is 0 Å². The molecule has 0 aliphatic rings. The van der Waals surface area contributed by atoms with Gasteiger partial charge in [-0.25, -0.2) is 0 Å². The minimum Gasteiger partial charge on any atom is -0.544 e. The van der Waals surface area contributed by atoms with Gasteiger partial charge in [0.25, 0.3) is 0 Å². The van der Waals surface area contributed by atoms with Crippen LogP contribution in [0.3, 0.4) is 0 Å². The monoisotopic (exact) mass is 625 g/mol. The maximum atomic E-state index is 12.5. The molecular weight excluding hydrogens is 558 g/mol. The summed E-state index contributed by atoms with van der Waals surface area (Å²) in [5.41, 5.74) is 0. The predicted octanol–water partition coefficient (Wildman–Crippen LogP) is 7.07. The summed E-state index contributed by atoms with van der Waals surface area (Å²) in [6, 6.07) is -0.720. The Balaban J connectivity index is 4.42. The number of carboxylic acid groups (broad SMARTS) is 1. The maximum absolute atomic E-state index is 12.5. The molecule has 8 heteroatoms. The lowest BCUT2D eigenvalue weighted by Crippen LogP contribution is -2.55. The Morgan fingerprint density at radius 2 is 1.14 bits per heavy atom. The predicted molar refractivity (Wildman–Crippen MR) is 176 cm³/mol. The van der Waals surface area contributed by atoms with E-state index in [1.165, 1.54) is 64.2 Å². The van der Waals surface area contributed by atoms with Crippen LogP contribution in [0, 0.1) is 0 Å². The van der Waals surface area contributed by atoms with Crippen molar-refractivity contribution in [2.75, 3.05) is 41.0 Å². The number of nitrogens with zero attached hydrogens (tertiary/aromatic N) is 1. The number of aliphatic carboxylic acids is 1. The van der Waals surface area contributed by atoms with Crippen molar-refractivity contribution in [1.29, 1.82) is 0 Å². The molecule has 0 aromatic rings. The third-order valence-electron chi connectivity index (χ3n) is 7.90. The minimum absolute atomic E-state index is 0.0397. The zero-order chi connectivity index (χ0) is 32.9. The van der Waals surface area contributed by atoms with Crippen molar-refractivity contribution < 1.29 is 38.2 Å². The molecule has 0 spiro atoms. The number of allylic oxidation sites excluding steroid dienone is 2. The average Bonchev–Trinajstić information content (AvgIpc) is 2.96. The number of esters is 2. The molecule has 0 aromatic carbocycles. The van der Waals surface area contributed by atoms with Gasteiger partial charge in [0.15, 0.2) is 6.10 Å². The number of likely N-dealkylation sites (N-methyl/N-ethyl adjacent to an activating group) is 1. The van der Waals surface area contributed by atoms with Crippen molar-refractivity contribution >= 4 is 17.9 Å². The summed E-state index contributed by atoms with van der Waals surface area (Å²) in [7, 11) is 5.38. The molecule has 2 unspecified atom stereocenters. The van der Waals surface area contributed by atoms with E-state index < -0.39 is 18.1 Å². The quantitative estimate of drug-likeness (QED) is 0.0351. The first-order chi connectivity index (χ1) is 21.1. The normalized spacial score (nSPS) is 13.2. The molecule has 8 nitrogen and oxygen atoms in total.